The van der Waals surface area contributed by atoms with E-state index in [1.807, 2.05) is 0 Å². The molecular formula is C19H20BrClN2O4. The van der Waals surface area contributed by atoms with E-state index in [1.165, 1.54) is 0 Å². The highest BCUT2D eigenvalue weighted by Crippen LogP contribution is 2.26. The largest absolute Gasteiger partial charge is 0.492 e. The Hall–Kier alpha value is -2.25. The van der Waals surface area contributed by atoms with Crippen molar-refractivity contribution in [1.82, 2.24) is 10.9 Å². The lowest BCUT2D eigenvalue weighted by Crippen LogP contribution is -2.43. The van der Waals surface area contributed by atoms with Gasteiger partial charge in [-0.1, -0.05) is 25.4 Å². The molecule has 0 aliphatic heterocycles. The number of benzene rings is 2. The lowest BCUT2D eigenvalue weighted by atomic mass is 10.2. The Morgan fingerprint density at radius 3 is 2.41 bits per heavy atom. The first-order chi connectivity index (χ1) is 12.8. The molecule has 0 aromatic heterocycles. The van der Waals surface area contributed by atoms with Crippen molar-refractivity contribution in [3.05, 3.63) is 57.5 Å². The third-order valence-corrected chi connectivity index (χ3v) is 4.14. The fourth-order valence-electron chi connectivity index (χ4n) is 1.93. The highest BCUT2D eigenvalue weighted by molar-refractivity contribution is 9.10. The van der Waals surface area contributed by atoms with Crippen molar-refractivity contribution in [2.75, 3.05) is 13.2 Å². The van der Waals surface area contributed by atoms with Gasteiger partial charge in [-0.15, -0.1) is 0 Å². The fraction of sp³-hybridized carbons (Fsp3) is 0.263. The summed E-state index contributed by atoms with van der Waals surface area (Å²) in [6.07, 6.45) is 0. The van der Waals surface area contributed by atoms with Crippen LogP contribution in [0.3, 0.4) is 0 Å². The van der Waals surface area contributed by atoms with Gasteiger partial charge in [-0.05, 0) is 64.3 Å². The van der Waals surface area contributed by atoms with Crippen LogP contribution in [-0.4, -0.2) is 25.0 Å². The van der Waals surface area contributed by atoms with Crippen LogP contribution in [0.2, 0.25) is 5.02 Å². The van der Waals surface area contributed by atoms with E-state index in [9.17, 15) is 9.59 Å². The second kappa shape index (κ2) is 10.2. The lowest BCUT2D eigenvalue weighted by molar-refractivity contribution is -0.123. The average molecular weight is 456 g/mol. The fourth-order valence-corrected chi connectivity index (χ4v) is 2.55. The van der Waals surface area contributed by atoms with Gasteiger partial charge < -0.3 is 9.47 Å². The molecule has 2 aromatic rings. The molecule has 0 radical (unpaired) electrons. The standard InChI is InChI=1S/C19H20BrClN2O4/c1-12(2)10-27-17-8-3-13(9-16(17)20)19(25)23-22-18(24)11-26-15-6-4-14(21)5-7-15/h3-9,12H,10-11H2,1-2H3,(H,22,24)(H,23,25). The van der Waals surface area contributed by atoms with Crippen molar-refractivity contribution in [1.29, 1.82) is 0 Å². The van der Waals surface area contributed by atoms with Gasteiger partial charge in [0, 0.05) is 10.6 Å². The number of carbonyl (C=O) groups excluding carboxylic acids is 2. The number of ether oxygens (including phenoxy) is 2. The summed E-state index contributed by atoms with van der Waals surface area (Å²) in [5, 5.41) is 0.575. The van der Waals surface area contributed by atoms with E-state index in [2.05, 4.69) is 40.6 Å². The maximum atomic E-state index is 12.1. The molecule has 27 heavy (non-hydrogen) atoms. The normalized spacial score (nSPS) is 10.4. The average Bonchev–Trinajstić information content (AvgIpc) is 2.64. The van der Waals surface area contributed by atoms with Crippen LogP contribution in [0.1, 0.15) is 24.2 Å². The topological polar surface area (TPSA) is 76.7 Å². The van der Waals surface area contributed by atoms with Crippen molar-refractivity contribution in [2.24, 2.45) is 5.92 Å². The van der Waals surface area contributed by atoms with Crippen molar-refractivity contribution in [2.45, 2.75) is 13.8 Å². The zero-order valence-electron chi connectivity index (χ0n) is 14.9. The van der Waals surface area contributed by atoms with E-state index in [4.69, 9.17) is 21.1 Å². The lowest BCUT2D eigenvalue weighted by Gasteiger charge is -2.12. The predicted molar refractivity (Wildman–Crippen MR) is 107 cm³/mol. The first-order valence-corrected chi connectivity index (χ1v) is 9.42. The van der Waals surface area contributed by atoms with Crippen LogP contribution in [0.25, 0.3) is 0 Å². The van der Waals surface area contributed by atoms with Gasteiger partial charge in [-0.25, -0.2) is 0 Å². The number of hydrogen-bond donors (Lipinski definition) is 2. The zero-order chi connectivity index (χ0) is 19.8. The molecule has 0 unspecified atom stereocenters. The summed E-state index contributed by atoms with van der Waals surface area (Å²) >= 11 is 9.16. The molecule has 2 N–H and O–H groups in total. The second-order valence-electron chi connectivity index (χ2n) is 6.09. The minimum absolute atomic E-state index is 0.242. The number of amides is 2. The third-order valence-electron chi connectivity index (χ3n) is 3.27. The van der Waals surface area contributed by atoms with Gasteiger partial charge in [-0.3, -0.25) is 20.4 Å². The number of hydrogen-bond acceptors (Lipinski definition) is 4. The van der Waals surface area contributed by atoms with Gasteiger partial charge in [0.2, 0.25) is 0 Å². The van der Waals surface area contributed by atoms with Gasteiger partial charge in [0.25, 0.3) is 11.8 Å². The molecule has 2 rings (SSSR count). The minimum Gasteiger partial charge on any atom is -0.492 e. The Kier molecular flexibility index (Phi) is 7.94. The summed E-state index contributed by atoms with van der Waals surface area (Å²) in [5.41, 5.74) is 5.01. The Balaban J connectivity index is 1.81. The van der Waals surface area contributed by atoms with Crippen LogP contribution >= 0.6 is 27.5 Å². The van der Waals surface area contributed by atoms with E-state index < -0.39 is 11.8 Å². The van der Waals surface area contributed by atoms with E-state index in [0.29, 0.717) is 39.1 Å². The first kappa shape index (κ1) is 21.1. The molecule has 0 saturated carbocycles. The molecule has 0 fully saturated rings. The number of nitrogens with one attached hydrogen (secondary N) is 2. The summed E-state index contributed by atoms with van der Waals surface area (Å²) in [7, 11) is 0. The van der Waals surface area contributed by atoms with Crippen molar-refractivity contribution < 1.29 is 19.1 Å². The number of rotatable bonds is 7. The van der Waals surface area contributed by atoms with Gasteiger partial charge >= 0.3 is 0 Å². The highest BCUT2D eigenvalue weighted by atomic mass is 79.9. The molecular weight excluding hydrogens is 436 g/mol. The predicted octanol–water partition coefficient (Wildman–Crippen LogP) is 3.98. The maximum absolute atomic E-state index is 12.1. The smallest absolute Gasteiger partial charge is 0.276 e. The first-order valence-electron chi connectivity index (χ1n) is 8.25. The summed E-state index contributed by atoms with van der Waals surface area (Å²) in [5.74, 6) is 0.604. The molecule has 2 amide bonds. The third kappa shape index (κ3) is 7.11. The summed E-state index contributed by atoms with van der Waals surface area (Å²) in [4.78, 5) is 23.9. The maximum Gasteiger partial charge on any atom is 0.276 e. The molecule has 8 heteroatoms. The zero-order valence-corrected chi connectivity index (χ0v) is 17.3. The second-order valence-corrected chi connectivity index (χ2v) is 7.39. The molecule has 0 heterocycles. The van der Waals surface area contributed by atoms with E-state index in [0.717, 1.165) is 0 Å². The van der Waals surface area contributed by atoms with Gasteiger partial charge in [0.1, 0.15) is 11.5 Å². The SMILES string of the molecule is CC(C)COc1ccc(C(=O)NNC(=O)COc2ccc(Cl)cc2)cc1Br. The molecule has 0 bridgehead atoms. The quantitative estimate of drug-likeness (QED) is 0.619. The van der Waals surface area contributed by atoms with Gasteiger partial charge in [0.15, 0.2) is 6.61 Å². The van der Waals surface area contributed by atoms with Gasteiger partial charge in [0.05, 0.1) is 11.1 Å². The molecule has 0 aliphatic carbocycles. The molecule has 144 valence electrons. The number of hydrazine groups is 1. The van der Waals surface area contributed by atoms with Crippen molar-refractivity contribution >= 4 is 39.3 Å². The summed E-state index contributed by atoms with van der Waals surface area (Å²) in [6.45, 7) is 4.44. The Bertz CT molecular complexity index is 797. The van der Waals surface area contributed by atoms with E-state index in [1.54, 1.807) is 42.5 Å². The molecule has 0 spiro atoms. The molecule has 0 saturated heterocycles. The summed E-state index contributed by atoms with van der Waals surface area (Å²) < 4.78 is 11.6. The van der Waals surface area contributed by atoms with E-state index in [-0.39, 0.29) is 6.61 Å². The number of halogens is 2. The van der Waals surface area contributed by atoms with Crippen LogP contribution < -0.4 is 20.3 Å². The van der Waals surface area contributed by atoms with Crippen LogP contribution in [0, 0.1) is 5.92 Å². The van der Waals surface area contributed by atoms with Crippen molar-refractivity contribution in [3.8, 4) is 11.5 Å². The Labute approximate surface area is 171 Å². The van der Waals surface area contributed by atoms with Crippen LogP contribution in [0.15, 0.2) is 46.9 Å². The van der Waals surface area contributed by atoms with Crippen LogP contribution in [-0.2, 0) is 4.79 Å². The molecule has 0 atom stereocenters. The van der Waals surface area contributed by atoms with Crippen LogP contribution in [0.4, 0.5) is 0 Å². The molecule has 2 aromatic carbocycles. The number of carbonyl (C=O) groups is 2. The van der Waals surface area contributed by atoms with Gasteiger partial charge in [-0.2, -0.15) is 0 Å². The monoisotopic (exact) mass is 454 g/mol. The Morgan fingerprint density at radius 1 is 1.07 bits per heavy atom. The highest BCUT2D eigenvalue weighted by Gasteiger charge is 2.11. The molecule has 0 aliphatic rings. The molecule has 6 nitrogen and oxygen atoms in total. The van der Waals surface area contributed by atoms with Crippen molar-refractivity contribution in [3.63, 3.8) is 0 Å². The Morgan fingerprint density at radius 2 is 1.78 bits per heavy atom. The van der Waals surface area contributed by atoms with Crippen LogP contribution in [0.5, 0.6) is 11.5 Å². The summed E-state index contributed by atoms with van der Waals surface area (Å²) in [6, 6.07) is 11.6. The minimum atomic E-state index is -0.491. The van der Waals surface area contributed by atoms with E-state index >= 15 is 0 Å².